The summed E-state index contributed by atoms with van der Waals surface area (Å²) in [6.07, 6.45) is 1.22. The third-order valence-electron chi connectivity index (χ3n) is 2.33. The van der Waals surface area contributed by atoms with Crippen LogP contribution in [0.3, 0.4) is 0 Å². The summed E-state index contributed by atoms with van der Waals surface area (Å²) >= 11 is 3.44. The first-order valence-electron chi connectivity index (χ1n) is 5.03. The van der Waals surface area contributed by atoms with E-state index in [1.165, 1.54) is 0 Å². The van der Waals surface area contributed by atoms with Gasteiger partial charge < -0.3 is 14.8 Å². The van der Waals surface area contributed by atoms with E-state index in [0.29, 0.717) is 6.79 Å². The molecule has 1 aromatic carbocycles. The molecule has 0 amide bonds. The number of anilines is 1. The van der Waals surface area contributed by atoms with E-state index < -0.39 is 0 Å². The van der Waals surface area contributed by atoms with Crippen LogP contribution in [0.5, 0.6) is 0 Å². The molecule has 1 heterocycles. The molecule has 1 aromatic rings. The SMILES string of the molecule is Brc1cccc(NCC2CCOCO2)c1. The normalized spacial score (nSPS) is 21.3. The van der Waals surface area contributed by atoms with Gasteiger partial charge in [-0.05, 0) is 24.6 Å². The standard InChI is InChI=1S/C11H14BrNO2/c12-9-2-1-3-10(6-9)13-7-11-4-5-14-8-15-11/h1-3,6,11,13H,4-5,7-8H2. The number of nitrogens with one attached hydrogen (secondary N) is 1. The van der Waals surface area contributed by atoms with Crippen molar-refractivity contribution in [2.45, 2.75) is 12.5 Å². The summed E-state index contributed by atoms with van der Waals surface area (Å²) in [5, 5.41) is 3.34. The van der Waals surface area contributed by atoms with Gasteiger partial charge in [0.15, 0.2) is 0 Å². The van der Waals surface area contributed by atoms with Crippen molar-refractivity contribution in [3.63, 3.8) is 0 Å². The van der Waals surface area contributed by atoms with Crippen LogP contribution >= 0.6 is 15.9 Å². The van der Waals surface area contributed by atoms with Crippen molar-refractivity contribution in [1.82, 2.24) is 0 Å². The van der Waals surface area contributed by atoms with Gasteiger partial charge >= 0.3 is 0 Å². The van der Waals surface area contributed by atoms with Crippen LogP contribution in [0.15, 0.2) is 28.7 Å². The molecule has 0 bridgehead atoms. The molecule has 82 valence electrons. The highest BCUT2D eigenvalue weighted by molar-refractivity contribution is 9.10. The number of halogens is 1. The second-order valence-electron chi connectivity index (χ2n) is 3.49. The maximum absolute atomic E-state index is 5.43. The van der Waals surface area contributed by atoms with Gasteiger partial charge in [0.2, 0.25) is 0 Å². The van der Waals surface area contributed by atoms with Crippen LogP contribution in [0.4, 0.5) is 5.69 Å². The van der Waals surface area contributed by atoms with Crippen LogP contribution in [0.2, 0.25) is 0 Å². The Hall–Kier alpha value is -0.580. The number of rotatable bonds is 3. The van der Waals surface area contributed by atoms with Crippen LogP contribution < -0.4 is 5.32 Å². The average molecular weight is 272 g/mol. The Morgan fingerprint density at radius 1 is 1.47 bits per heavy atom. The lowest BCUT2D eigenvalue weighted by molar-refractivity contribution is -0.133. The fraction of sp³-hybridized carbons (Fsp3) is 0.455. The summed E-state index contributed by atoms with van der Waals surface area (Å²) in [4.78, 5) is 0. The van der Waals surface area contributed by atoms with E-state index in [0.717, 1.165) is 29.7 Å². The van der Waals surface area contributed by atoms with E-state index >= 15 is 0 Å². The molecule has 0 radical (unpaired) electrons. The predicted molar refractivity (Wildman–Crippen MR) is 62.9 cm³/mol. The quantitative estimate of drug-likeness (QED) is 0.917. The summed E-state index contributed by atoms with van der Waals surface area (Å²) in [5.74, 6) is 0. The predicted octanol–water partition coefficient (Wildman–Crippen LogP) is 2.62. The largest absolute Gasteiger partial charge is 0.382 e. The fourth-order valence-corrected chi connectivity index (χ4v) is 1.89. The minimum absolute atomic E-state index is 0.262. The van der Waals surface area contributed by atoms with Crippen molar-refractivity contribution in [2.75, 3.05) is 25.3 Å². The monoisotopic (exact) mass is 271 g/mol. The number of hydrogen-bond acceptors (Lipinski definition) is 3. The molecule has 15 heavy (non-hydrogen) atoms. The van der Waals surface area contributed by atoms with Crippen LogP contribution in [0.25, 0.3) is 0 Å². The molecule has 1 aliphatic rings. The fourth-order valence-electron chi connectivity index (χ4n) is 1.49. The molecule has 3 nitrogen and oxygen atoms in total. The lowest BCUT2D eigenvalue weighted by Gasteiger charge is -2.23. The van der Waals surface area contributed by atoms with Crippen molar-refractivity contribution in [1.29, 1.82) is 0 Å². The Morgan fingerprint density at radius 3 is 3.13 bits per heavy atom. The lowest BCUT2D eigenvalue weighted by Crippen LogP contribution is -2.30. The molecule has 1 fully saturated rings. The zero-order chi connectivity index (χ0) is 10.5. The van der Waals surface area contributed by atoms with Crippen molar-refractivity contribution in [2.24, 2.45) is 0 Å². The van der Waals surface area contributed by atoms with Gasteiger partial charge in [0.25, 0.3) is 0 Å². The Labute approximate surface area is 97.9 Å². The first-order valence-corrected chi connectivity index (χ1v) is 5.83. The van der Waals surface area contributed by atoms with E-state index in [9.17, 15) is 0 Å². The third kappa shape index (κ3) is 3.48. The van der Waals surface area contributed by atoms with Crippen LogP contribution in [0, 0.1) is 0 Å². The van der Waals surface area contributed by atoms with E-state index in [1.807, 2.05) is 18.2 Å². The molecule has 1 saturated heterocycles. The maximum atomic E-state index is 5.43. The van der Waals surface area contributed by atoms with Crippen LogP contribution in [-0.4, -0.2) is 26.0 Å². The second-order valence-corrected chi connectivity index (χ2v) is 4.41. The minimum Gasteiger partial charge on any atom is -0.382 e. The molecule has 1 aliphatic heterocycles. The highest BCUT2D eigenvalue weighted by atomic mass is 79.9. The Balaban J connectivity index is 1.81. The molecule has 0 aromatic heterocycles. The molecule has 1 N–H and O–H groups in total. The number of hydrogen-bond donors (Lipinski definition) is 1. The van der Waals surface area contributed by atoms with E-state index in [4.69, 9.17) is 9.47 Å². The van der Waals surface area contributed by atoms with Gasteiger partial charge in [-0.1, -0.05) is 22.0 Å². The summed E-state index contributed by atoms with van der Waals surface area (Å²) in [7, 11) is 0. The van der Waals surface area contributed by atoms with E-state index in [-0.39, 0.29) is 6.10 Å². The zero-order valence-corrected chi connectivity index (χ0v) is 10.00. The van der Waals surface area contributed by atoms with Gasteiger partial charge in [-0.25, -0.2) is 0 Å². The summed E-state index contributed by atoms with van der Waals surface area (Å²) in [6, 6.07) is 8.12. The Kier molecular flexibility index (Phi) is 4.00. The van der Waals surface area contributed by atoms with Gasteiger partial charge in [0.1, 0.15) is 6.79 Å². The third-order valence-corrected chi connectivity index (χ3v) is 2.82. The van der Waals surface area contributed by atoms with Gasteiger partial charge in [0, 0.05) is 16.7 Å². The molecule has 1 unspecified atom stereocenters. The van der Waals surface area contributed by atoms with E-state index in [1.54, 1.807) is 0 Å². The van der Waals surface area contributed by atoms with Gasteiger partial charge in [-0.2, -0.15) is 0 Å². The van der Waals surface area contributed by atoms with Crippen LogP contribution in [-0.2, 0) is 9.47 Å². The van der Waals surface area contributed by atoms with Crippen LogP contribution in [0.1, 0.15) is 6.42 Å². The maximum Gasteiger partial charge on any atom is 0.147 e. The Bertz CT molecular complexity index is 313. The van der Waals surface area contributed by atoms with Gasteiger partial charge in [-0.3, -0.25) is 0 Å². The Morgan fingerprint density at radius 2 is 2.40 bits per heavy atom. The summed E-state index contributed by atoms with van der Waals surface area (Å²) in [6.45, 7) is 2.05. The lowest BCUT2D eigenvalue weighted by atomic mass is 10.2. The second kappa shape index (κ2) is 5.49. The topological polar surface area (TPSA) is 30.5 Å². The molecule has 4 heteroatoms. The first kappa shape index (κ1) is 10.9. The van der Waals surface area contributed by atoms with Crippen molar-refractivity contribution in [3.8, 4) is 0 Å². The first-order chi connectivity index (χ1) is 7.34. The van der Waals surface area contributed by atoms with Gasteiger partial charge in [-0.15, -0.1) is 0 Å². The summed E-state index contributed by atoms with van der Waals surface area (Å²) < 4.78 is 11.6. The molecule has 2 rings (SSSR count). The average Bonchev–Trinajstić information content (AvgIpc) is 2.28. The number of benzene rings is 1. The summed E-state index contributed by atoms with van der Waals surface area (Å²) in [5.41, 5.74) is 1.11. The minimum atomic E-state index is 0.262. The van der Waals surface area contributed by atoms with Gasteiger partial charge in [0.05, 0.1) is 12.7 Å². The van der Waals surface area contributed by atoms with Crippen molar-refractivity contribution in [3.05, 3.63) is 28.7 Å². The molecular formula is C11H14BrNO2. The smallest absolute Gasteiger partial charge is 0.147 e. The van der Waals surface area contributed by atoms with Crippen molar-refractivity contribution >= 4 is 21.6 Å². The zero-order valence-electron chi connectivity index (χ0n) is 8.41. The molecule has 0 saturated carbocycles. The van der Waals surface area contributed by atoms with Crippen molar-refractivity contribution < 1.29 is 9.47 Å². The molecule has 1 atom stereocenters. The molecule has 0 aliphatic carbocycles. The molecular weight excluding hydrogens is 258 g/mol. The van der Waals surface area contributed by atoms with E-state index in [2.05, 4.69) is 27.3 Å². The highest BCUT2D eigenvalue weighted by Gasteiger charge is 2.13. The number of ether oxygens (including phenoxy) is 2. The highest BCUT2D eigenvalue weighted by Crippen LogP contribution is 2.16. The molecule has 0 spiro atoms.